The molecule has 0 atom stereocenters. The zero-order valence-electron chi connectivity index (χ0n) is 11.0. The topological polar surface area (TPSA) is 49.6 Å². The van der Waals surface area contributed by atoms with E-state index in [1.54, 1.807) is 0 Å². The number of carbonyl (C=O) groups is 1. The summed E-state index contributed by atoms with van der Waals surface area (Å²) in [6, 6.07) is 7.49. The van der Waals surface area contributed by atoms with Crippen LogP contribution in [0.3, 0.4) is 0 Å². The predicted molar refractivity (Wildman–Crippen MR) is 77.2 cm³/mol. The summed E-state index contributed by atoms with van der Waals surface area (Å²) in [5, 5.41) is 0.679. The largest absolute Gasteiger partial charge is 0.340 e. The van der Waals surface area contributed by atoms with E-state index >= 15 is 0 Å². The van der Waals surface area contributed by atoms with Crippen molar-refractivity contribution in [2.45, 2.75) is 6.42 Å². The van der Waals surface area contributed by atoms with Gasteiger partial charge in [0, 0.05) is 44.3 Å². The number of hydrogen-bond donors (Lipinski definition) is 1. The molecular formula is C14H20ClN3O. The molecule has 1 aromatic rings. The summed E-state index contributed by atoms with van der Waals surface area (Å²) >= 11 is 5.92. The van der Waals surface area contributed by atoms with Gasteiger partial charge in [-0.2, -0.15) is 0 Å². The lowest BCUT2D eigenvalue weighted by molar-refractivity contribution is -0.132. The second-order valence-electron chi connectivity index (χ2n) is 4.82. The van der Waals surface area contributed by atoms with Gasteiger partial charge in [0.15, 0.2) is 0 Å². The standard InChI is InChI=1S/C14H20ClN3O/c15-13-3-1-2-12(10-13)11-14(19)18-8-6-17(5-4-16)7-9-18/h1-3,10H,4-9,11,16H2. The molecule has 2 N–H and O–H groups in total. The van der Waals surface area contributed by atoms with Crippen molar-refractivity contribution < 1.29 is 4.79 Å². The van der Waals surface area contributed by atoms with Gasteiger partial charge >= 0.3 is 0 Å². The number of benzene rings is 1. The molecule has 1 amide bonds. The van der Waals surface area contributed by atoms with Gasteiger partial charge in [0.25, 0.3) is 0 Å². The highest BCUT2D eigenvalue weighted by atomic mass is 35.5. The number of amides is 1. The molecule has 104 valence electrons. The van der Waals surface area contributed by atoms with Gasteiger partial charge in [-0.3, -0.25) is 9.69 Å². The fraction of sp³-hybridized carbons (Fsp3) is 0.500. The second kappa shape index (κ2) is 6.89. The van der Waals surface area contributed by atoms with Crippen LogP contribution >= 0.6 is 11.6 Å². The molecule has 0 unspecified atom stereocenters. The second-order valence-corrected chi connectivity index (χ2v) is 5.25. The van der Waals surface area contributed by atoms with Crippen molar-refractivity contribution in [2.24, 2.45) is 5.73 Å². The molecule has 0 aromatic heterocycles. The maximum atomic E-state index is 12.2. The van der Waals surface area contributed by atoms with E-state index in [-0.39, 0.29) is 5.91 Å². The Hall–Kier alpha value is -1.10. The Labute approximate surface area is 119 Å². The number of carbonyl (C=O) groups excluding carboxylic acids is 1. The predicted octanol–water partition coefficient (Wildman–Crippen LogP) is 0.985. The van der Waals surface area contributed by atoms with E-state index in [0.717, 1.165) is 38.3 Å². The lowest BCUT2D eigenvalue weighted by atomic mass is 10.1. The molecule has 1 aromatic carbocycles. The minimum atomic E-state index is 0.176. The first-order valence-corrected chi connectivity index (χ1v) is 7.01. The smallest absolute Gasteiger partial charge is 0.227 e. The van der Waals surface area contributed by atoms with Crippen LogP contribution < -0.4 is 5.73 Å². The lowest BCUT2D eigenvalue weighted by Gasteiger charge is -2.34. The van der Waals surface area contributed by atoms with E-state index < -0.39 is 0 Å². The molecule has 2 rings (SSSR count). The minimum Gasteiger partial charge on any atom is -0.340 e. The highest BCUT2D eigenvalue weighted by molar-refractivity contribution is 6.30. The molecule has 0 aliphatic carbocycles. The quantitative estimate of drug-likeness (QED) is 0.895. The minimum absolute atomic E-state index is 0.176. The van der Waals surface area contributed by atoms with E-state index in [1.807, 2.05) is 29.2 Å². The van der Waals surface area contributed by atoms with Crippen molar-refractivity contribution in [3.8, 4) is 0 Å². The molecule has 1 fully saturated rings. The first-order valence-electron chi connectivity index (χ1n) is 6.63. The Balaban J connectivity index is 1.84. The van der Waals surface area contributed by atoms with Crippen molar-refractivity contribution in [3.63, 3.8) is 0 Å². The Morgan fingerprint density at radius 3 is 2.63 bits per heavy atom. The molecule has 1 aliphatic rings. The zero-order chi connectivity index (χ0) is 13.7. The van der Waals surface area contributed by atoms with Gasteiger partial charge in [-0.1, -0.05) is 23.7 Å². The van der Waals surface area contributed by atoms with Crippen LogP contribution in [0, 0.1) is 0 Å². The van der Waals surface area contributed by atoms with Gasteiger partial charge in [-0.25, -0.2) is 0 Å². The van der Waals surface area contributed by atoms with Gasteiger partial charge in [0.1, 0.15) is 0 Å². The normalized spacial score (nSPS) is 16.6. The van der Waals surface area contributed by atoms with Gasteiger partial charge < -0.3 is 10.6 Å². The van der Waals surface area contributed by atoms with E-state index in [1.165, 1.54) is 0 Å². The number of nitrogens with two attached hydrogens (primary N) is 1. The first-order chi connectivity index (χ1) is 9.19. The summed E-state index contributed by atoms with van der Waals surface area (Å²) in [5.74, 6) is 0.176. The molecular weight excluding hydrogens is 262 g/mol. The Morgan fingerprint density at radius 2 is 2.00 bits per heavy atom. The molecule has 1 aliphatic heterocycles. The molecule has 4 nitrogen and oxygen atoms in total. The van der Waals surface area contributed by atoms with Gasteiger partial charge in [-0.05, 0) is 17.7 Å². The van der Waals surface area contributed by atoms with Crippen molar-refractivity contribution in [1.82, 2.24) is 9.80 Å². The number of nitrogens with zero attached hydrogens (tertiary/aromatic N) is 2. The lowest BCUT2D eigenvalue weighted by Crippen LogP contribution is -2.50. The van der Waals surface area contributed by atoms with Crippen LogP contribution in [-0.4, -0.2) is 55.0 Å². The van der Waals surface area contributed by atoms with E-state index in [4.69, 9.17) is 17.3 Å². The zero-order valence-corrected chi connectivity index (χ0v) is 11.8. The van der Waals surface area contributed by atoms with Crippen molar-refractivity contribution in [2.75, 3.05) is 39.3 Å². The maximum absolute atomic E-state index is 12.2. The SMILES string of the molecule is NCCN1CCN(C(=O)Cc2cccc(Cl)c2)CC1. The fourth-order valence-electron chi connectivity index (χ4n) is 2.34. The van der Waals surface area contributed by atoms with Crippen LogP contribution in [0.4, 0.5) is 0 Å². The number of halogens is 1. The van der Waals surface area contributed by atoms with Gasteiger partial charge in [0.05, 0.1) is 6.42 Å². The molecule has 1 saturated heterocycles. The monoisotopic (exact) mass is 281 g/mol. The summed E-state index contributed by atoms with van der Waals surface area (Å²) in [7, 11) is 0. The molecule has 0 radical (unpaired) electrons. The van der Waals surface area contributed by atoms with Crippen molar-refractivity contribution >= 4 is 17.5 Å². The van der Waals surface area contributed by atoms with Crippen LogP contribution in [-0.2, 0) is 11.2 Å². The first kappa shape index (κ1) is 14.3. The van der Waals surface area contributed by atoms with Gasteiger partial charge in [0.2, 0.25) is 5.91 Å². The van der Waals surface area contributed by atoms with Crippen molar-refractivity contribution in [3.05, 3.63) is 34.9 Å². The van der Waals surface area contributed by atoms with Gasteiger partial charge in [-0.15, -0.1) is 0 Å². The number of piperazine rings is 1. The molecule has 1 heterocycles. The number of hydrogen-bond acceptors (Lipinski definition) is 3. The van der Waals surface area contributed by atoms with Crippen LogP contribution in [0.2, 0.25) is 5.02 Å². The van der Waals surface area contributed by atoms with Crippen LogP contribution in [0.25, 0.3) is 0 Å². The highest BCUT2D eigenvalue weighted by Crippen LogP contribution is 2.12. The Morgan fingerprint density at radius 1 is 1.26 bits per heavy atom. The average molecular weight is 282 g/mol. The van der Waals surface area contributed by atoms with E-state index in [0.29, 0.717) is 18.0 Å². The van der Waals surface area contributed by atoms with Crippen molar-refractivity contribution in [1.29, 1.82) is 0 Å². The third-order valence-electron chi connectivity index (χ3n) is 3.41. The summed E-state index contributed by atoms with van der Waals surface area (Å²) in [5.41, 5.74) is 6.51. The maximum Gasteiger partial charge on any atom is 0.227 e. The third-order valence-corrected chi connectivity index (χ3v) is 3.65. The average Bonchev–Trinajstić information content (AvgIpc) is 2.40. The van der Waals surface area contributed by atoms with Crippen LogP contribution in [0.15, 0.2) is 24.3 Å². The van der Waals surface area contributed by atoms with Crippen LogP contribution in [0.5, 0.6) is 0 Å². The molecule has 0 saturated carbocycles. The fourth-order valence-corrected chi connectivity index (χ4v) is 2.55. The highest BCUT2D eigenvalue weighted by Gasteiger charge is 2.20. The Bertz CT molecular complexity index is 430. The Kier molecular flexibility index (Phi) is 5.19. The molecule has 5 heteroatoms. The van der Waals surface area contributed by atoms with E-state index in [2.05, 4.69) is 4.90 Å². The summed E-state index contributed by atoms with van der Waals surface area (Å²) in [4.78, 5) is 16.4. The molecule has 19 heavy (non-hydrogen) atoms. The molecule has 0 bridgehead atoms. The third kappa shape index (κ3) is 4.20. The number of rotatable bonds is 4. The van der Waals surface area contributed by atoms with E-state index in [9.17, 15) is 4.79 Å². The summed E-state index contributed by atoms with van der Waals surface area (Å²) < 4.78 is 0. The summed E-state index contributed by atoms with van der Waals surface area (Å²) in [6.45, 7) is 5.00. The van der Waals surface area contributed by atoms with Crippen LogP contribution in [0.1, 0.15) is 5.56 Å². The summed E-state index contributed by atoms with van der Waals surface area (Å²) in [6.07, 6.45) is 0.428. The molecule has 0 spiro atoms.